The van der Waals surface area contributed by atoms with Gasteiger partial charge in [0.1, 0.15) is 11.6 Å². The minimum Gasteiger partial charge on any atom is -0.547 e. The van der Waals surface area contributed by atoms with E-state index in [1.807, 2.05) is 0 Å². The summed E-state index contributed by atoms with van der Waals surface area (Å²) in [4.78, 5) is 35.5. The normalized spacial score (nSPS) is 12.6. The van der Waals surface area contributed by atoms with E-state index in [0.29, 0.717) is 10.9 Å². The number of para-hydroxylation sites is 1. The largest absolute Gasteiger partial charge is 1.00 e. The van der Waals surface area contributed by atoms with Gasteiger partial charge < -0.3 is 29.9 Å². The van der Waals surface area contributed by atoms with E-state index >= 15 is 0 Å². The SMILES string of the molecule is O=C([O-])C(=O)CC(O)(Cc1c[nH]c2ccccc12)C(=O)[O-].[Na+].[Na+]. The maximum atomic E-state index is 11.1. The minimum atomic E-state index is -2.61. The number of fused-ring (bicyclic) bond motifs is 1. The fraction of sp³-hybridized carbons (Fsp3) is 0.214. The van der Waals surface area contributed by atoms with Crippen molar-refractivity contribution in [3.05, 3.63) is 36.0 Å². The molecule has 7 nitrogen and oxygen atoms in total. The van der Waals surface area contributed by atoms with Crippen molar-refractivity contribution in [2.24, 2.45) is 0 Å². The summed E-state index contributed by atoms with van der Waals surface area (Å²) in [6.07, 6.45) is -0.0857. The third-order valence-electron chi connectivity index (χ3n) is 3.22. The number of carboxylic acids is 2. The van der Waals surface area contributed by atoms with Gasteiger partial charge in [0, 0.05) is 29.9 Å². The second-order valence-corrected chi connectivity index (χ2v) is 4.74. The molecule has 0 bridgehead atoms. The number of carbonyl (C=O) groups excluding carboxylic acids is 3. The van der Waals surface area contributed by atoms with Crippen LogP contribution in [0.15, 0.2) is 30.5 Å². The number of H-pyrrole nitrogens is 1. The van der Waals surface area contributed by atoms with Crippen LogP contribution in [0.5, 0.6) is 0 Å². The predicted molar refractivity (Wildman–Crippen MR) is 66.6 cm³/mol. The van der Waals surface area contributed by atoms with Crippen molar-refractivity contribution in [2.75, 3.05) is 0 Å². The number of carbonyl (C=O) groups is 3. The van der Waals surface area contributed by atoms with Crippen LogP contribution in [0.4, 0.5) is 0 Å². The molecule has 0 radical (unpaired) electrons. The van der Waals surface area contributed by atoms with Gasteiger partial charge in [-0.2, -0.15) is 0 Å². The number of ketones is 1. The second-order valence-electron chi connectivity index (χ2n) is 4.74. The molecule has 1 unspecified atom stereocenters. The zero-order valence-corrected chi connectivity index (χ0v) is 16.8. The van der Waals surface area contributed by atoms with Gasteiger partial charge in [-0.1, -0.05) is 18.2 Å². The van der Waals surface area contributed by atoms with E-state index in [4.69, 9.17) is 0 Å². The third kappa shape index (κ3) is 5.15. The number of rotatable bonds is 6. The molecule has 23 heavy (non-hydrogen) atoms. The van der Waals surface area contributed by atoms with Crippen LogP contribution in [0, 0.1) is 0 Å². The molecule has 1 aromatic carbocycles. The number of aliphatic hydroxyl groups is 1. The van der Waals surface area contributed by atoms with Crippen LogP contribution in [-0.2, 0) is 20.8 Å². The summed E-state index contributed by atoms with van der Waals surface area (Å²) in [5.41, 5.74) is -1.45. The van der Waals surface area contributed by atoms with E-state index < -0.39 is 36.2 Å². The van der Waals surface area contributed by atoms with Crippen LogP contribution < -0.4 is 69.3 Å². The number of Topliss-reactive ketones (excluding diaryl/α,β-unsaturated/α-hetero) is 1. The van der Waals surface area contributed by atoms with E-state index in [9.17, 15) is 29.7 Å². The summed E-state index contributed by atoms with van der Waals surface area (Å²) in [5.74, 6) is -5.46. The fourth-order valence-corrected chi connectivity index (χ4v) is 2.14. The van der Waals surface area contributed by atoms with Gasteiger partial charge >= 0.3 is 59.1 Å². The average molecular weight is 335 g/mol. The molecular weight excluding hydrogens is 324 g/mol. The maximum absolute atomic E-state index is 11.1. The summed E-state index contributed by atoms with van der Waals surface area (Å²) in [7, 11) is 0. The number of aromatic amines is 1. The van der Waals surface area contributed by atoms with Crippen LogP contribution in [-0.4, -0.2) is 33.4 Å². The van der Waals surface area contributed by atoms with Gasteiger partial charge in [-0.15, -0.1) is 0 Å². The van der Waals surface area contributed by atoms with Crippen LogP contribution in [0.25, 0.3) is 10.9 Å². The molecule has 0 spiro atoms. The van der Waals surface area contributed by atoms with Crippen molar-refractivity contribution in [2.45, 2.75) is 18.4 Å². The van der Waals surface area contributed by atoms with Gasteiger partial charge in [-0.25, -0.2) is 0 Å². The van der Waals surface area contributed by atoms with Gasteiger partial charge in [0.15, 0.2) is 5.78 Å². The van der Waals surface area contributed by atoms with Crippen molar-refractivity contribution in [3.8, 4) is 0 Å². The number of aliphatic carboxylic acids is 2. The minimum absolute atomic E-state index is 0. The van der Waals surface area contributed by atoms with Crippen molar-refractivity contribution in [3.63, 3.8) is 0 Å². The summed E-state index contributed by atoms with van der Waals surface area (Å²) in [6, 6.07) is 6.96. The number of carboxylic acid groups (broad SMARTS) is 2. The Hall–Kier alpha value is -0.670. The zero-order valence-electron chi connectivity index (χ0n) is 12.8. The molecule has 2 rings (SSSR count). The smallest absolute Gasteiger partial charge is 0.547 e. The Kier molecular flexibility index (Phi) is 8.72. The Labute approximate surface area is 175 Å². The molecule has 0 aliphatic rings. The Balaban J connectivity index is 0.00000242. The van der Waals surface area contributed by atoms with Gasteiger partial charge in [0.05, 0.1) is 5.97 Å². The van der Waals surface area contributed by atoms with Crippen molar-refractivity contribution < 1.29 is 88.8 Å². The van der Waals surface area contributed by atoms with Gasteiger partial charge in [-0.05, 0) is 11.6 Å². The molecule has 9 heteroatoms. The Morgan fingerprint density at radius 1 is 1.13 bits per heavy atom. The van der Waals surface area contributed by atoms with Crippen molar-refractivity contribution >= 4 is 28.6 Å². The standard InChI is InChI=1S/C14H13NO6.2Na/c16-11(12(17)18)6-14(21,13(19)20)5-8-7-15-10-4-2-1-3-9(8)10;;/h1-4,7,15,21H,5-6H2,(H,17,18)(H,19,20);;/q;2*+1/p-2. The monoisotopic (exact) mass is 335 g/mol. The van der Waals surface area contributed by atoms with Crippen LogP contribution >= 0.6 is 0 Å². The molecule has 0 saturated carbocycles. The summed E-state index contributed by atoms with van der Waals surface area (Å²) >= 11 is 0. The first kappa shape index (κ1) is 22.3. The van der Waals surface area contributed by atoms with Gasteiger partial charge in [0.2, 0.25) is 0 Å². The quantitative estimate of drug-likeness (QED) is 0.398. The Morgan fingerprint density at radius 2 is 1.74 bits per heavy atom. The molecule has 2 aromatic rings. The summed E-state index contributed by atoms with van der Waals surface area (Å²) in [5, 5.41) is 32.2. The van der Waals surface area contributed by atoms with Crippen LogP contribution in [0.2, 0.25) is 0 Å². The topological polar surface area (TPSA) is 133 Å². The molecule has 2 N–H and O–H groups in total. The molecule has 1 atom stereocenters. The molecule has 110 valence electrons. The average Bonchev–Trinajstić information content (AvgIpc) is 2.81. The predicted octanol–water partition coefficient (Wildman–Crippen LogP) is -8.09. The molecule has 0 aliphatic carbocycles. The number of hydrogen-bond donors (Lipinski definition) is 2. The second kappa shape index (κ2) is 8.98. The molecule has 0 fully saturated rings. The van der Waals surface area contributed by atoms with E-state index in [2.05, 4.69) is 4.98 Å². The van der Waals surface area contributed by atoms with Crippen molar-refractivity contribution in [1.82, 2.24) is 4.98 Å². The number of nitrogens with one attached hydrogen (secondary N) is 1. The van der Waals surface area contributed by atoms with E-state index in [1.54, 1.807) is 24.3 Å². The molecule has 1 heterocycles. The fourth-order valence-electron chi connectivity index (χ4n) is 2.14. The zero-order chi connectivity index (χ0) is 15.6. The first-order valence-electron chi connectivity index (χ1n) is 6.06. The summed E-state index contributed by atoms with van der Waals surface area (Å²) < 4.78 is 0. The molecular formula is C14H11NNa2O6. The molecule has 0 aliphatic heterocycles. The summed E-state index contributed by atoms with van der Waals surface area (Å²) in [6.45, 7) is 0. The Morgan fingerprint density at radius 3 is 2.30 bits per heavy atom. The van der Waals surface area contributed by atoms with E-state index in [-0.39, 0.29) is 59.1 Å². The first-order chi connectivity index (χ1) is 9.83. The molecule has 1 aromatic heterocycles. The van der Waals surface area contributed by atoms with Gasteiger partial charge in [-0.3, -0.25) is 4.79 Å². The first-order valence-corrected chi connectivity index (χ1v) is 6.06. The van der Waals surface area contributed by atoms with Gasteiger partial charge in [0.25, 0.3) is 0 Å². The number of hydrogen-bond acceptors (Lipinski definition) is 6. The number of benzene rings is 1. The van der Waals surface area contributed by atoms with E-state index in [0.717, 1.165) is 5.52 Å². The van der Waals surface area contributed by atoms with Crippen LogP contribution in [0.3, 0.4) is 0 Å². The van der Waals surface area contributed by atoms with Crippen molar-refractivity contribution in [1.29, 1.82) is 0 Å². The third-order valence-corrected chi connectivity index (χ3v) is 3.22. The molecule has 0 amide bonds. The van der Waals surface area contributed by atoms with Crippen LogP contribution in [0.1, 0.15) is 12.0 Å². The van der Waals surface area contributed by atoms with E-state index in [1.165, 1.54) is 6.20 Å². The Bertz CT molecular complexity index is 729. The molecule has 0 saturated heterocycles. The number of aromatic nitrogens is 1. The maximum Gasteiger partial charge on any atom is 1.00 e.